The molecule has 1 unspecified atom stereocenters. The summed E-state index contributed by atoms with van der Waals surface area (Å²) in [5.74, 6) is -0.287. The number of nitrogens with one attached hydrogen (secondary N) is 2. The third-order valence-corrected chi connectivity index (χ3v) is 3.93. The molecule has 0 fully saturated rings. The van der Waals surface area contributed by atoms with Gasteiger partial charge in [0.15, 0.2) is 5.78 Å². The summed E-state index contributed by atoms with van der Waals surface area (Å²) in [5, 5.41) is 3.91. The number of carbonyl (C=O) groups is 2. The second-order valence-electron chi connectivity index (χ2n) is 5.57. The first kappa shape index (κ1) is 15.0. The number of ketones is 1. The van der Waals surface area contributed by atoms with Crippen molar-refractivity contribution in [3.05, 3.63) is 71.9 Å². The zero-order chi connectivity index (χ0) is 16.2. The Labute approximate surface area is 134 Å². The lowest BCUT2D eigenvalue weighted by Crippen LogP contribution is -2.41. The van der Waals surface area contributed by atoms with E-state index in [0.29, 0.717) is 12.0 Å². The summed E-state index contributed by atoms with van der Waals surface area (Å²) in [6, 6.07) is 16.3. The highest BCUT2D eigenvalue weighted by atomic mass is 16.2. The van der Waals surface area contributed by atoms with Crippen LogP contribution >= 0.6 is 0 Å². The van der Waals surface area contributed by atoms with Gasteiger partial charge in [-0.1, -0.05) is 36.4 Å². The van der Waals surface area contributed by atoms with Crippen LogP contribution < -0.4 is 5.32 Å². The van der Waals surface area contributed by atoms with Gasteiger partial charge >= 0.3 is 0 Å². The van der Waals surface area contributed by atoms with Gasteiger partial charge in [0.2, 0.25) is 0 Å². The monoisotopic (exact) mass is 306 g/mol. The third-order valence-electron chi connectivity index (χ3n) is 3.93. The van der Waals surface area contributed by atoms with E-state index in [1.165, 1.54) is 6.92 Å². The summed E-state index contributed by atoms with van der Waals surface area (Å²) in [7, 11) is 0. The van der Waals surface area contributed by atoms with Crippen LogP contribution in [0.5, 0.6) is 0 Å². The van der Waals surface area contributed by atoms with E-state index >= 15 is 0 Å². The molecule has 0 bridgehead atoms. The van der Waals surface area contributed by atoms with Gasteiger partial charge in [0.1, 0.15) is 0 Å². The largest absolute Gasteiger partial charge is 0.361 e. The number of carbonyl (C=O) groups excluding carboxylic acids is 2. The lowest BCUT2D eigenvalue weighted by molar-refractivity contribution is -0.118. The van der Waals surface area contributed by atoms with Crippen LogP contribution in [0.25, 0.3) is 10.9 Å². The molecule has 2 N–H and O–H groups in total. The van der Waals surface area contributed by atoms with Crippen LogP contribution in [0.15, 0.2) is 60.8 Å². The van der Waals surface area contributed by atoms with E-state index in [9.17, 15) is 9.59 Å². The van der Waals surface area contributed by atoms with Gasteiger partial charge in [0, 0.05) is 29.1 Å². The molecule has 0 aliphatic rings. The molecule has 4 nitrogen and oxygen atoms in total. The van der Waals surface area contributed by atoms with E-state index in [2.05, 4.69) is 10.3 Å². The van der Waals surface area contributed by atoms with Crippen molar-refractivity contribution in [2.75, 3.05) is 0 Å². The Kier molecular flexibility index (Phi) is 4.24. The molecule has 1 heterocycles. The number of para-hydroxylation sites is 1. The van der Waals surface area contributed by atoms with Crippen molar-refractivity contribution < 1.29 is 9.59 Å². The standard InChI is InChI=1S/C19H18N2O2/c1-13(22)18(21-19(23)14-7-3-2-4-8-14)11-15-12-20-17-10-6-5-9-16(15)17/h2-10,12,18,20H,11H2,1H3,(H,21,23). The summed E-state index contributed by atoms with van der Waals surface area (Å²) in [6.45, 7) is 1.50. The lowest BCUT2D eigenvalue weighted by Gasteiger charge is -2.15. The number of Topliss-reactive ketones (excluding diaryl/α,β-unsaturated/α-hetero) is 1. The van der Waals surface area contributed by atoms with Crippen LogP contribution in [0.4, 0.5) is 0 Å². The maximum atomic E-state index is 12.3. The zero-order valence-electron chi connectivity index (χ0n) is 12.9. The van der Waals surface area contributed by atoms with Gasteiger partial charge in [-0.15, -0.1) is 0 Å². The minimum Gasteiger partial charge on any atom is -0.361 e. The number of aromatic amines is 1. The fraction of sp³-hybridized carbons (Fsp3) is 0.158. The molecular formula is C19H18N2O2. The predicted octanol–water partition coefficient (Wildman–Crippen LogP) is 3.10. The molecule has 0 radical (unpaired) electrons. The average molecular weight is 306 g/mol. The smallest absolute Gasteiger partial charge is 0.251 e. The maximum Gasteiger partial charge on any atom is 0.251 e. The Bertz CT molecular complexity index is 837. The molecule has 1 atom stereocenters. The molecule has 2 aromatic carbocycles. The van der Waals surface area contributed by atoms with E-state index in [1.54, 1.807) is 24.3 Å². The van der Waals surface area contributed by atoms with Crippen LogP contribution in [0.1, 0.15) is 22.8 Å². The molecule has 0 aliphatic heterocycles. The van der Waals surface area contributed by atoms with E-state index < -0.39 is 6.04 Å². The van der Waals surface area contributed by atoms with Crippen LogP contribution in [0.2, 0.25) is 0 Å². The van der Waals surface area contributed by atoms with Gasteiger partial charge in [0.25, 0.3) is 5.91 Å². The number of aromatic nitrogens is 1. The van der Waals surface area contributed by atoms with Crippen LogP contribution in [0.3, 0.4) is 0 Å². The molecule has 0 aliphatic carbocycles. The van der Waals surface area contributed by atoms with Gasteiger partial charge in [0.05, 0.1) is 6.04 Å². The van der Waals surface area contributed by atoms with Crippen molar-refractivity contribution in [2.24, 2.45) is 0 Å². The van der Waals surface area contributed by atoms with Gasteiger partial charge in [-0.2, -0.15) is 0 Å². The zero-order valence-corrected chi connectivity index (χ0v) is 12.9. The number of amides is 1. The van der Waals surface area contributed by atoms with Crippen LogP contribution in [-0.4, -0.2) is 22.7 Å². The fourth-order valence-corrected chi connectivity index (χ4v) is 2.65. The number of hydrogen-bond acceptors (Lipinski definition) is 2. The quantitative estimate of drug-likeness (QED) is 0.761. The topological polar surface area (TPSA) is 62.0 Å². The molecule has 23 heavy (non-hydrogen) atoms. The molecule has 0 saturated heterocycles. The second-order valence-corrected chi connectivity index (χ2v) is 5.57. The number of fused-ring (bicyclic) bond motifs is 1. The average Bonchev–Trinajstić information content (AvgIpc) is 2.98. The van der Waals surface area contributed by atoms with Crippen molar-refractivity contribution in [1.82, 2.24) is 10.3 Å². The Morgan fingerprint density at radius 3 is 2.48 bits per heavy atom. The summed E-state index contributed by atoms with van der Waals surface area (Å²) >= 11 is 0. The van der Waals surface area contributed by atoms with E-state index in [-0.39, 0.29) is 11.7 Å². The number of rotatable bonds is 5. The lowest BCUT2D eigenvalue weighted by atomic mass is 10.0. The van der Waals surface area contributed by atoms with Crippen LogP contribution in [0, 0.1) is 0 Å². The highest BCUT2D eigenvalue weighted by molar-refractivity contribution is 5.97. The first-order valence-electron chi connectivity index (χ1n) is 7.56. The molecule has 4 heteroatoms. The Morgan fingerprint density at radius 1 is 1.04 bits per heavy atom. The molecule has 0 saturated carbocycles. The SMILES string of the molecule is CC(=O)C(Cc1c[nH]c2ccccc12)NC(=O)c1ccccc1. The molecule has 116 valence electrons. The van der Waals surface area contributed by atoms with Crippen molar-refractivity contribution in [3.63, 3.8) is 0 Å². The Balaban J connectivity index is 1.80. The Morgan fingerprint density at radius 2 is 1.74 bits per heavy atom. The minimum atomic E-state index is -0.540. The molecular weight excluding hydrogens is 288 g/mol. The number of benzene rings is 2. The molecule has 1 amide bonds. The highest BCUT2D eigenvalue weighted by Gasteiger charge is 2.19. The fourth-order valence-electron chi connectivity index (χ4n) is 2.65. The molecule has 3 aromatic rings. The first-order valence-corrected chi connectivity index (χ1v) is 7.56. The third kappa shape index (κ3) is 3.31. The first-order chi connectivity index (χ1) is 11.1. The van der Waals surface area contributed by atoms with E-state index in [4.69, 9.17) is 0 Å². The maximum absolute atomic E-state index is 12.3. The van der Waals surface area contributed by atoms with Crippen molar-refractivity contribution in [3.8, 4) is 0 Å². The van der Waals surface area contributed by atoms with E-state index in [1.807, 2.05) is 36.5 Å². The van der Waals surface area contributed by atoms with E-state index in [0.717, 1.165) is 16.5 Å². The predicted molar refractivity (Wildman–Crippen MR) is 90.4 cm³/mol. The Hall–Kier alpha value is -2.88. The highest BCUT2D eigenvalue weighted by Crippen LogP contribution is 2.19. The molecule has 1 aromatic heterocycles. The normalized spacial score (nSPS) is 12.0. The van der Waals surface area contributed by atoms with Crippen molar-refractivity contribution in [2.45, 2.75) is 19.4 Å². The summed E-state index contributed by atoms with van der Waals surface area (Å²) in [5.41, 5.74) is 2.60. The van der Waals surface area contributed by atoms with Crippen LogP contribution in [-0.2, 0) is 11.2 Å². The van der Waals surface area contributed by atoms with Gasteiger partial charge in [-0.25, -0.2) is 0 Å². The van der Waals surface area contributed by atoms with Gasteiger partial charge in [-0.05, 0) is 30.7 Å². The molecule has 0 spiro atoms. The minimum absolute atomic E-state index is 0.0560. The second kappa shape index (κ2) is 6.48. The van der Waals surface area contributed by atoms with Gasteiger partial charge in [-0.3, -0.25) is 9.59 Å². The summed E-state index contributed by atoms with van der Waals surface area (Å²) in [4.78, 5) is 27.4. The van der Waals surface area contributed by atoms with Crippen molar-refractivity contribution >= 4 is 22.6 Å². The van der Waals surface area contributed by atoms with Crippen molar-refractivity contribution in [1.29, 1.82) is 0 Å². The summed E-state index contributed by atoms with van der Waals surface area (Å²) < 4.78 is 0. The number of H-pyrrole nitrogens is 1. The van der Waals surface area contributed by atoms with Gasteiger partial charge < -0.3 is 10.3 Å². The molecule has 3 rings (SSSR count). The number of hydrogen-bond donors (Lipinski definition) is 2. The summed E-state index contributed by atoms with van der Waals surface area (Å²) in [6.07, 6.45) is 2.37.